The number of ether oxygens (including phenoxy) is 1. The van der Waals surface area contributed by atoms with Crippen molar-refractivity contribution in [2.75, 3.05) is 6.61 Å². The molecule has 4 nitrogen and oxygen atoms in total. The number of aryl methyl sites for hydroxylation is 1. The molecule has 17 heavy (non-hydrogen) atoms. The van der Waals surface area contributed by atoms with Gasteiger partial charge in [-0.05, 0) is 39.3 Å². The second kappa shape index (κ2) is 5.15. The average Bonchev–Trinajstić information content (AvgIpc) is 2.20. The van der Waals surface area contributed by atoms with Crippen molar-refractivity contribution >= 4 is 0 Å². The summed E-state index contributed by atoms with van der Waals surface area (Å²) >= 11 is 0. The Morgan fingerprint density at radius 1 is 1.47 bits per heavy atom. The molecule has 0 bridgehead atoms. The van der Waals surface area contributed by atoms with Crippen molar-refractivity contribution in [1.29, 1.82) is 5.26 Å². The summed E-state index contributed by atoms with van der Waals surface area (Å²) in [6, 6.07) is 3.71. The summed E-state index contributed by atoms with van der Waals surface area (Å²) < 4.78 is 7.06. The minimum Gasteiger partial charge on any atom is -0.374 e. The molecule has 92 valence electrons. The Morgan fingerprint density at radius 2 is 2.12 bits per heavy atom. The zero-order valence-corrected chi connectivity index (χ0v) is 10.8. The van der Waals surface area contributed by atoms with Crippen molar-refractivity contribution in [2.45, 2.75) is 39.8 Å². The predicted molar refractivity (Wildman–Crippen MR) is 65.9 cm³/mol. The Morgan fingerprint density at radius 3 is 2.65 bits per heavy atom. The van der Waals surface area contributed by atoms with E-state index in [9.17, 15) is 4.79 Å². The second-order valence-corrected chi connectivity index (χ2v) is 4.94. The van der Waals surface area contributed by atoms with Gasteiger partial charge in [-0.15, -0.1) is 0 Å². The lowest BCUT2D eigenvalue weighted by molar-refractivity contribution is -0.00713. The van der Waals surface area contributed by atoms with E-state index >= 15 is 0 Å². The van der Waals surface area contributed by atoms with Crippen LogP contribution < -0.4 is 5.56 Å². The van der Waals surface area contributed by atoms with Crippen molar-refractivity contribution in [2.24, 2.45) is 0 Å². The smallest absolute Gasteiger partial charge is 0.268 e. The van der Waals surface area contributed by atoms with E-state index in [1.54, 1.807) is 19.2 Å². The van der Waals surface area contributed by atoms with Crippen molar-refractivity contribution in [3.8, 4) is 6.07 Å². The molecule has 0 fully saturated rings. The fraction of sp³-hybridized carbons (Fsp3) is 0.538. The first kappa shape index (κ1) is 13.5. The summed E-state index contributed by atoms with van der Waals surface area (Å²) in [6.07, 6.45) is 1.70. The molecular formula is C13H18N2O2. The lowest BCUT2D eigenvalue weighted by atomic mass is 10.2. The Bertz CT molecular complexity index is 490. The quantitative estimate of drug-likeness (QED) is 0.802. The number of nitrogens with zero attached hydrogens (tertiary/aromatic N) is 2. The van der Waals surface area contributed by atoms with Crippen molar-refractivity contribution in [3.63, 3.8) is 0 Å². The van der Waals surface area contributed by atoms with Crippen LogP contribution >= 0.6 is 0 Å². The maximum atomic E-state index is 11.9. The molecule has 1 aromatic heterocycles. The van der Waals surface area contributed by atoms with Crippen LogP contribution in [0.15, 0.2) is 17.1 Å². The van der Waals surface area contributed by atoms with Gasteiger partial charge in [-0.25, -0.2) is 0 Å². The molecule has 1 rings (SSSR count). The lowest BCUT2D eigenvalue weighted by Crippen LogP contribution is -2.27. The highest BCUT2D eigenvalue weighted by Gasteiger charge is 2.10. The maximum Gasteiger partial charge on any atom is 0.268 e. The molecule has 0 saturated carbocycles. The van der Waals surface area contributed by atoms with Crippen LogP contribution in [0, 0.1) is 18.3 Å². The zero-order valence-electron chi connectivity index (χ0n) is 10.8. The van der Waals surface area contributed by atoms with Gasteiger partial charge in [0.05, 0.1) is 12.2 Å². The summed E-state index contributed by atoms with van der Waals surface area (Å²) in [7, 11) is 0. The third-order valence-corrected chi connectivity index (χ3v) is 2.35. The number of nitriles is 1. The highest BCUT2D eigenvalue weighted by Crippen LogP contribution is 2.06. The number of pyridine rings is 1. The summed E-state index contributed by atoms with van der Waals surface area (Å²) in [5.41, 5.74) is 0.463. The minimum atomic E-state index is -0.245. The van der Waals surface area contributed by atoms with E-state index in [4.69, 9.17) is 10.00 Å². The Balaban J connectivity index is 2.81. The monoisotopic (exact) mass is 234 g/mol. The van der Waals surface area contributed by atoms with Gasteiger partial charge >= 0.3 is 0 Å². The van der Waals surface area contributed by atoms with Crippen molar-refractivity contribution in [3.05, 3.63) is 33.7 Å². The molecule has 0 amide bonds. The first-order valence-electron chi connectivity index (χ1n) is 5.59. The van der Waals surface area contributed by atoms with Gasteiger partial charge < -0.3 is 9.30 Å². The summed E-state index contributed by atoms with van der Waals surface area (Å²) in [6.45, 7) is 8.57. The molecule has 0 N–H and O–H groups in total. The van der Waals surface area contributed by atoms with Crippen LogP contribution in [0.25, 0.3) is 0 Å². The van der Waals surface area contributed by atoms with E-state index in [-0.39, 0.29) is 16.7 Å². The summed E-state index contributed by atoms with van der Waals surface area (Å²) in [4.78, 5) is 11.9. The molecule has 0 aliphatic rings. The van der Waals surface area contributed by atoms with E-state index in [0.717, 1.165) is 0 Å². The lowest BCUT2D eigenvalue weighted by Gasteiger charge is -2.19. The number of hydrogen-bond donors (Lipinski definition) is 0. The number of aromatic nitrogens is 1. The molecule has 0 spiro atoms. The fourth-order valence-corrected chi connectivity index (χ4v) is 1.43. The van der Waals surface area contributed by atoms with Crippen LogP contribution in [0.2, 0.25) is 0 Å². The molecule has 0 atom stereocenters. The van der Waals surface area contributed by atoms with Crippen LogP contribution in [0.4, 0.5) is 0 Å². The first-order valence-corrected chi connectivity index (χ1v) is 5.59. The van der Waals surface area contributed by atoms with Crippen LogP contribution in [0.1, 0.15) is 31.9 Å². The van der Waals surface area contributed by atoms with E-state index in [1.807, 2.05) is 26.8 Å². The molecule has 0 aliphatic heterocycles. The topological polar surface area (TPSA) is 55.0 Å². The molecule has 0 aromatic carbocycles. The van der Waals surface area contributed by atoms with Crippen LogP contribution in [-0.2, 0) is 11.3 Å². The maximum absolute atomic E-state index is 11.9. The molecule has 0 radical (unpaired) electrons. The molecular weight excluding hydrogens is 216 g/mol. The third kappa shape index (κ3) is 3.72. The van der Waals surface area contributed by atoms with Gasteiger partial charge in [-0.1, -0.05) is 0 Å². The molecule has 4 heteroatoms. The third-order valence-electron chi connectivity index (χ3n) is 2.35. The van der Waals surface area contributed by atoms with Crippen LogP contribution in [0.5, 0.6) is 0 Å². The van der Waals surface area contributed by atoms with E-state index in [0.29, 0.717) is 18.7 Å². The van der Waals surface area contributed by atoms with Gasteiger partial charge in [-0.2, -0.15) is 5.26 Å². The van der Waals surface area contributed by atoms with Gasteiger partial charge in [0.1, 0.15) is 11.6 Å². The number of rotatable bonds is 3. The zero-order chi connectivity index (χ0) is 13.1. The molecule has 1 heterocycles. The van der Waals surface area contributed by atoms with Crippen molar-refractivity contribution in [1.82, 2.24) is 4.57 Å². The standard InChI is InChI=1S/C13H18N2O2/c1-10-5-6-15(12(16)11(10)9-14)7-8-17-13(2,3)4/h5-6H,7-8H2,1-4H3. The highest BCUT2D eigenvalue weighted by molar-refractivity contribution is 5.33. The Labute approximate surface area is 101 Å². The SMILES string of the molecule is Cc1ccn(CCOC(C)(C)C)c(=O)c1C#N. The van der Waals surface area contributed by atoms with Gasteiger partial charge in [0.25, 0.3) is 5.56 Å². The predicted octanol–water partition coefficient (Wildman–Crippen LogP) is 1.84. The first-order chi connectivity index (χ1) is 7.85. The average molecular weight is 234 g/mol. The fourth-order valence-electron chi connectivity index (χ4n) is 1.43. The Hall–Kier alpha value is -1.60. The molecule has 0 saturated heterocycles. The van der Waals surface area contributed by atoms with Crippen LogP contribution in [-0.4, -0.2) is 16.8 Å². The van der Waals surface area contributed by atoms with Gasteiger partial charge in [0.15, 0.2) is 0 Å². The molecule has 0 unspecified atom stereocenters. The highest BCUT2D eigenvalue weighted by atomic mass is 16.5. The van der Waals surface area contributed by atoms with E-state index in [2.05, 4.69) is 0 Å². The largest absolute Gasteiger partial charge is 0.374 e. The van der Waals surface area contributed by atoms with E-state index < -0.39 is 0 Å². The Kier molecular flexibility index (Phi) is 4.08. The second-order valence-electron chi connectivity index (χ2n) is 4.94. The number of hydrogen-bond acceptors (Lipinski definition) is 3. The van der Waals surface area contributed by atoms with Gasteiger partial charge in [-0.3, -0.25) is 4.79 Å². The minimum absolute atomic E-state index is 0.211. The van der Waals surface area contributed by atoms with E-state index in [1.165, 1.54) is 4.57 Å². The summed E-state index contributed by atoms with van der Waals surface area (Å²) in [5, 5.41) is 8.88. The van der Waals surface area contributed by atoms with Gasteiger partial charge in [0, 0.05) is 12.7 Å². The van der Waals surface area contributed by atoms with Crippen molar-refractivity contribution < 1.29 is 4.74 Å². The molecule has 1 aromatic rings. The normalized spacial score (nSPS) is 11.2. The molecule has 0 aliphatic carbocycles. The van der Waals surface area contributed by atoms with Gasteiger partial charge in [0.2, 0.25) is 0 Å². The summed E-state index contributed by atoms with van der Waals surface area (Å²) in [5.74, 6) is 0. The van der Waals surface area contributed by atoms with Crippen LogP contribution in [0.3, 0.4) is 0 Å².